The molecule has 5 nitrogen and oxygen atoms in total. The van der Waals surface area contributed by atoms with Gasteiger partial charge in [0.15, 0.2) is 11.5 Å². The molecule has 2 atom stereocenters. The maximum Gasteiger partial charge on any atom is 0.226 e. The second kappa shape index (κ2) is 6.93. The lowest BCUT2D eigenvalue weighted by atomic mass is 9.78. The van der Waals surface area contributed by atoms with Crippen LogP contribution in [-0.4, -0.2) is 50.2 Å². The van der Waals surface area contributed by atoms with Crippen LogP contribution in [0.4, 0.5) is 0 Å². The summed E-state index contributed by atoms with van der Waals surface area (Å²) in [5.74, 6) is 2.53. The Morgan fingerprint density at radius 2 is 1.88 bits per heavy atom. The molecule has 142 valence electrons. The zero-order valence-corrected chi connectivity index (χ0v) is 15.9. The van der Waals surface area contributed by atoms with E-state index in [0.29, 0.717) is 30.5 Å². The van der Waals surface area contributed by atoms with Crippen LogP contribution in [-0.2, 0) is 4.79 Å². The van der Waals surface area contributed by atoms with Gasteiger partial charge in [-0.25, -0.2) is 0 Å². The number of hydrogen-bond acceptors (Lipinski definition) is 4. The first-order chi connectivity index (χ1) is 12.2. The Labute approximate surface area is 160 Å². The molecular formula is C20H27ClN2O3. The van der Waals surface area contributed by atoms with Gasteiger partial charge in [-0.2, -0.15) is 0 Å². The van der Waals surface area contributed by atoms with E-state index in [-0.39, 0.29) is 18.3 Å². The highest BCUT2D eigenvalue weighted by atomic mass is 35.5. The molecule has 1 spiro atoms. The van der Waals surface area contributed by atoms with Crippen LogP contribution in [0.15, 0.2) is 18.2 Å². The first kappa shape index (κ1) is 17.9. The summed E-state index contributed by atoms with van der Waals surface area (Å²) in [5.41, 5.74) is 1.69. The summed E-state index contributed by atoms with van der Waals surface area (Å²) in [6.45, 7) is 5.37. The number of benzene rings is 1. The highest BCUT2D eigenvalue weighted by Gasteiger charge is 2.47. The van der Waals surface area contributed by atoms with Gasteiger partial charge in [-0.1, -0.05) is 6.07 Å². The van der Waals surface area contributed by atoms with Crippen LogP contribution in [0.25, 0.3) is 0 Å². The average molecular weight is 379 g/mol. The lowest BCUT2D eigenvalue weighted by molar-refractivity contribution is -0.134. The predicted octanol–water partition coefficient (Wildman–Crippen LogP) is 2.59. The SMILES string of the molecule is Cl.O=C(C1CC1c1ccc2c(c1)OCCO2)N1CCC2(CCNC2)CC1. The standard InChI is InChI=1S/C20H26N2O3.ClH/c23-19(22-7-4-20(5-8-22)3-6-21-13-20)16-12-15(16)14-1-2-17-18(11-14)25-10-9-24-17;/h1-2,11,15-16,21H,3-10,12-13H2;1H. The number of piperidine rings is 1. The molecule has 1 aromatic rings. The highest BCUT2D eigenvalue weighted by Crippen LogP contribution is 2.51. The molecule has 1 aromatic carbocycles. The fourth-order valence-corrected chi connectivity index (χ4v) is 4.79. The van der Waals surface area contributed by atoms with E-state index in [1.807, 2.05) is 6.07 Å². The number of carbonyl (C=O) groups excluding carboxylic acids is 1. The Hall–Kier alpha value is -1.46. The molecule has 2 saturated heterocycles. The first-order valence-electron chi connectivity index (χ1n) is 9.63. The number of likely N-dealkylation sites (tertiary alicyclic amines) is 1. The smallest absolute Gasteiger partial charge is 0.226 e. The quantitative estimate of drug-likeness (QED) is 0.859. The number of nitrogens with zero attached hydrogens (tertiary/aromatic N) is 1. The molecule has 0 radical (unpaired) electrons. The van der Waals surface area contributed by atoms with Gasteiger partial charge in [-0.3, -0.25) is 4.79 Å². The third-order valence-corrected chi connectivity index (χ3v) is 6.57. The molecule has 1 N–H and O–H groups in total. The molecule has 3 fully saturated rings. The van der Waals surface area contributed by atoms with E-state index >= 15 is 0 Å². The van der Waals surface area contributed by atoms with Crippen molar-refractivity contribution in [3.05, 3.63) is 23.8 Å². The van der Waals surface area contributed by atoms with Gasteiger partial charge >= 0.3 is 0 Å². The number of amides is 1. The molecule has 1 amide bonds. The van der Waals surface area contributed by atoms with E-state index in [0.717, 1.165) is 56.9 Å². The van der Waals surface area contributed by atoms with Crippen LogP contribution in [0.1, 0.15) is 37.2 Å². The summed E-state index contributed by atoms with van der Waals surface area (Å²) in [7, 11) is 0. The Morgan fingerprint density at radius 1 is 1.12 bits per heavy atom. The average Bonchev–Trinajstić information content (AvgIpc) is 3.35. The molecule has 0 aromatic heterocycles. The largest absolute Gasteiger partial charge is 0.486 e. The molecule has 5 rings (SSSR count). The number of carbonyl (C=O) groups is 1. The van der Waals surface area contributed by atoms with Gasteiger partial charge in [0.2, 0.25) is 5.91 Å². The molecular weight excluding hydrogens is 352 g/mol. The van der Waals surface area contributed by atoms with E-state index in [1.54, 1.807) is 0 Å². The van der Waals surface area contributed by atoms with E-state index in [9.17, 15) is 4.79 Å². The Bertz CT molecular complexity index is 680. The number of rotatable bonds is 2. The van der Waals surface area contributed by atoms with Crippen LogP contribution in [0.3, 0.4) is 0 Å². The summed E-state index contributed by atoms with van der Waals surface area (Å²) in [5, 5.41) is 3.49. The van der Waals surface area contributed by atoms with Gasteiger partial charge in [0.05, 0.1) is 0 Å². The van der Waals surface area contributed by atoms with E-state index < -0.39 is 0 Å². The zero-order valence-electron chi connectivity index (χ0n) is 15.0. The second-order valence-electron chi connectivity index (χ2n) is 8.10. The van der Waals surface area contributed by atoms with Gasteiger partial charge in [0.1, 0.15) is 13.2 Å². The number of nitrogens with one attached hydrogen (secondary N) is 1. The summed E-state index contributed by atoms with van der Waals surface area (Å²) in [6, 6.07) is 6.16. The van der Waals surface area contributed by atoms with Gasteiger partial charge in [-0.15, -0.1) is 12.4 Å². The van der Waals surface area contributed by atoms with Gasteiger partial charge in [-0.05, 0) is 61.3 Å². The van der Waals surface area contributed by atoms with Crippen molar-refractivity contribution in [2.75, 3.05) is 39.4 Å². The number of halogens is 1. The van der Waals surface area contributed by atoms with Gasteiger partial charge in [0, 0.05) is 25.6 Å². The van der Waals surface area contributed by atoms with Gasteiger partial charge in [0.25, 0.3) is 0 Å². The van der Waals surface area contributed by atoms with Crippen molar-refractivity contribution in [1.82, 2.24) is 10.2 Å². The maximum absolute atomic E-state index is 12.9. The van der Waals surface area contributed by atoms with Crippen molar-refractivity contribution in [1.29, 1.82) is 0 Å². The molecule has 4 aliphatic rings. The van der Waals surface area contributed by atoms with E-state index in [2.05, 4.69) is 22.3 Å². The number of fused-ring (bicyclic) bond motifs is 1. The minimum Gasteiger partial charge on any atom is -0.486 e. The van der Waals surface area contributed by atoms with Gasteiger partial charge < -0.3 is 19.7 Å². The molecule has 26 heavy (non-hydrogen) atoms. The minimum atomic E-state index is 0. The Morgan fingerprint density at radius 3 is 2.62 bits per heavy atom. The predicted molar refractivity (Wildman–Crippen MR) is 101 cm³/mol. The normalized spacial score (nSPS) is 28.5. The number of ether oxygens (including phenoxy) is 2. The van der Waals surface area contributed by atoms with Crippen LogP contribution in [0.5, 0.6) is 11.5 Å². The third kappa shape index (κ3) is 3.16. The maximum atomic E-state index is 12.9. The fourth-order valence-electron chi connectivity index (χ4n) is 4.79. The van der Waals surface area contributed by atoms with Crippen LogP contribution >= 0.6 is 12.4 Å². The third-order valence-electron chi connectivity index (χ3n) is 6.57. The Kier molecular flexibility index (Phi) is 4.78. The lowest BCUT2D eigenvalue weighted by Gasteiger charge is -2.39. The minimum absolute atomic E-state index is 0. The van der Waals surface area contributed by atoms with Crippen molar-refractivity contribution >= 4 is 18.3 Å². The lowest BCUT2D eigenvalue weighted by Crippen LogP contribution is -2.44. The summed E-state index contributed by atoms with van der Waals surface area (Å²) in [6.07, 6.45) is 4.57. The van der Waals surface area contributed by atoms with Crippen LogP contribution in [0, 0.1) is 11.3 Å². The number of hydrogen-bond donors (Lipinski definition) is 1. The summed E-state index contributed by atoms with van der Waals surface area (Å²) >= 11 is 0. The summed E-state index contributed by atoms with van der Waals surface area (Å²) in [4.78, 5) is 15.0. The van der Waals surface area contributed by atoms with Crippen LogP contribution in [0.2, 0.25) is 0 Å². The van der Waals surface area contributed by atoms with Crippen molar-refractivity contribution in [3.63, 3.8) is 0 Å². The van der Waals surface area contributed by atoms with E-state index in [1.165, 1.54) is 12.0 Å². The molecule has 3 aliphatic heterocycles. The zero-order chi connectivity index (χ0) is 16.9. The van der Waals surface area contributed by atoms with Crippen LogP contribution < -0.4 is 14.8 Å². The molecule has 0 bridgehead atoms. The monoisotopic (exact) mass is 378 g/mol. The molecule has 6 heteroatoms. The van der Waals surface area contributed by atoms with Crippen molar-refractivity contribution in [3.8, 4) is 11.5 Å². The highest BCUT2D eigenvalue weighted by molar-refractivity contribution is 5.85. The first-order valence-corrected chi connectivity index (χ1v) is 9.63. The molecule has 1 aliphatic carbocycles. The summed E-state index contributed by atoms with van der Waals surface area (Å²) < 4.78 is 11.3. The van der Waals surface area contributed by atoms with Crippen molar-refractivity contribution < 1.29 is 14.3 Å². The molecule has 2 unspecified atom stereocenters. The van der Waals surface area contributed by atoms with Crippen molar-refractivity contribution in [2.45, 2.75) is 31.6 Å². The van der Waals surface area contributed by atoms with Crippen molar-refractivity contribution in [2.24, 2.45) is 11.3 Å². The second-order valence-corrected chi connectivity index (χ2v) is 8.10. The molecule has 1 saturated carbocycles. The topological polar surface area (TPSA) is 50.8 Å². The fraction of sp³-hybridized carbons (Fsp3) is 0.650. The molecule has 3 heterocycles. The Balaban J connectivity index is 0.00000168. The van der Waals surface area contributed by atoms with E-state index in [4.69, 9.17) is 9.47 Å².